The van der Waals surface area contributed by atoms with E-state index in [1.165, 1.54) is 0 Å². The zero-order valence-corrected chi connectivity index (χ0v) is 20.7. The first kappa shape index (κ1) is 24.3. The van der Waals surface area contributed by atoms with Crippen LogP contribution in [0.15, 0.2) is 42.5 Å². The number of likely N-dealkylation sites (tertiary alicyclic amines) is 1. The minimum Gasteiger partial charge on any atom is -0.368 e. The Kier molecular flexibility index (Phi) is 6.22. The maximum absolute atomic E-state index is 15.7. The Morgan fingerprint density at radius 2 is 1.89 bits per heavy atom. The Balaban J connectivity index is 1.54. The number of benzene rings is 2. The molecular formula is C26H30F2N2O4S. The third-order valence-electron chi connectivity index (χ3n) is 7.62. The summed E-state index contributed by atoms with van der Waals surface area (Å²) in [6.45, 7) is 4.07. The fourth-order valence-electron chi connectivity index (χ4n) is 5.22. The second-order valence-corrected chi connectivity index (χ2v) is 12.5. The third-order valence-corrected chi connectivity index (χ3v) is 9.44. The van der Waals surface area contributed by atoms with Crippen molar-refractivity contribution >= 4 is 15.9 Å². The van der Waals surface area contributed by atoms with Crippen molar-refractivity contribution in [2.24, 2.45) is 5.41 Å². The fourth-order valence-corrected chi connectivity index (χ4v) is 6.25. The van der Waals surface area contributed by atoms with Gasteiger partial charge in [-0.05, 0) is 56.4 Å². The first-order valence-corrected chi connectivity index (χ1v) is 13.6. The number of amides is 1. The summed E-state index contributed by atoms with van der Waals surface area (Å²) in [7, 11) is -3.66. The topological polar surface area (TPSA) is 75.7 Å². The number of sulfonamides is 1. The highest BCUT2D eigenvalue weighted by molar-refractivity contribution is 7.90. The van der Waals surface area contributed by atoms with Gasteiger partial charge in [0, 0.05) is 30.0 Å². The van der Waals surface area contributed by atoms with Gasteiger partial charge in [0.25, 0.3) is 5.91 Å². The van der Waals surface area contributed by atoms with Gasteiger partial charge in [-0.15, -0.1) is 0 Å². The Hall–Kier alpha value is -2.36. The molecule has 1 spiro atoms. The summed E-state index contributed by atoms with van der Waals surface area (Å²) in [6.07, 6.45) is 1.57. The number of halogens is 2. The molecule has 5 rings (SSSR count). The summed E-state index contributed by atoms with van der Waals surface area (Å²) >= 11 is 0. The summed E-state index contributed by atoms with van der Waals surface area (Å²) in [6, 6.07) is 9.80. The van der Waals surface area contributed by atoms with Crippen LogP contribution in [0.3, 0.4) is 0 Å². The predicted molar refractivity (Wildman–Crippen MR) is 128 cm³/mol. The SMILES string of the molecule is CC(C)S(=O)(=O)N[C@@H]1[C@H](Cc2cc(F)cc(-c3ccccc3)c2F)N(C(=O)C2CCO2)CC12CC2. The van der Waals surface area contributed by atoms with Crippen molar-refractivity contribution < 1.29 is 26.7 Å². The third kappa shape index (κ3) is 4.49. The second-order valence-electron chi connectivity index (χ2n) is 10.2. The zero-order valence-electron chi connectivity index (χ0n) is 19.8. The molecule has 3 atom stereocenters. The van der Waals surface area contributed by atoms with Gasteiger partial charge >= 0.3 is 0 Å². The molecule has 9 heteroatoms. The summed E-state index contributed by atoms with van der Waals surface area (Å²) < 4.78 is 64.4. The van der Waals surface area contributed by atoms with Crippen molar-refractivity contribution in [1.82, 2.24) is 9.62 Å². The normalized spacial score (nSPS) is 25.2. The van der Waals surface area contributed by atoms with Gasteiger partial charge in [0.15, 0.2) is 0 Å². The number of carbonyl (C=O) groups is 1. The molecule has 1 aliphatic carbocycles. The van der Waals surface area contributed by atoms with Gasteiger partial charge in [0.05, 0.1) is 17.9 Å². The standard InChI is InChI=1S/C26H30F2N2O4S/c1-16(2)35(32,33)29-24-21(30(15-26(24)9-10-26)25(31)22-8-11-34-22)13-18-12-19(27)14-20(23(18)28)17-6-4-3-5-7-17/h3-7,12,14,16,21-22,24,29H,8-11,13,15H2,1-2H3/t21-,22?,24+/m0/s1. The van der Waals surface area contributed by atoms with Crippen LogP contribution in [-0.2, 0) is 26.0 Å². The average Bonchev–Trinajstić information content (AvgIpc) is 3.50. The highest BCUT2D eigenvalue weighted by Gasteiger charge is 2.62. The lowest BCUT2D eigenvalue weighted by Gasteiger charge is -2.34. The van der Waals surface area contributed by atoms with E-state index in [-0.39, 0.29) is 23.5 Å². The van der Waals surface area contributed by atoms with Gasteiger partial charge in [-0.3, -0.25) is 4.79 Å². The van der Waals surface area contributed by atoms with Crippen LogP contribution in [0, 0.1) is 17.0 Å². The number of nitrogens with zero attached hydrogens (tertiary/aromatic N) is 1. The molecule has 2 aliphatic heterocycles. The molecule has 3 fully saturated rings. The molecule has 2 heterocycles. The summed E-state index contributed by atoms with van der Waals surface area (Å²) in [5.74, 6) is -1.36. The largest absolute Gasteiger partial charge is 0.368 e. The summed E-state index contributed by atoms with van der Waals surface area (Å²) in [5.41, 5.74) is 0.411. The number of carbonyl (C=O) groups excluding carboxylic acids is 1. The monoisotopic (exact) mass is 504 g/mol. The molecule has 0 radical (unpaired) electrons. The predicted octanol–water partition coefficient (Wildman–Crippen LogP) is 3.65. The molecule has 0 aromatic heterocycles. The maximum atomic E-state index is 15.7. The van der Waals surface area contributed by atoms with Gasteiger partial charge in [0.1, 0.15) is 17.7 Å². The van der Waals surface area contributed by atoms with Crippen LogP contribution in [0.5, 0.6) is 0 Å². The Morgan fingerprint density at radius 3 is 2.46 bits per heavy atom. The van der Waals surface area contributed by atoms with Gasteiger partial charge < -0.3 is 9.64 Å². The molecule has 1 amide bonds. The van der Waals surface area contributed by atoms with E-state index in [1.54, 1.807) is 49.1 Å². The van der Waals surface area contributed by atoms with Crippen molar-refractivity contribution in [3.63, 3.8) is 0 Å². The van der Waals surface area contributed by atoms with E-state index in [0.29, 0.717) is 25.1 Å². The Bertz CT molecular complexity index is 1230. The summed E-state index contributed by atoms with van der Waals surface area (Å²) in [4.78, 5) is 14.9. The molecule has 3 aliphatic rings. The van der Waals surface area contributed by atoms with Crippen molar-refractivity contribution in [3.8, 4) is 11.1 Å². The Morgan fingerprint density at radius 1 is 1.20 bits per heavy atom. The minimum absolute atomic E-state index is 0.00504. The van der Waals surface area contributed by atoms with Crippen LogP contribution >= 0.6 is 0 Å². The highest BCUT2D eigenvalue weighted by atomic mass is 32.2. The van der Waals surface area contributed by atoms with Crippen LogP contribution in [0.4, 0.5) is 8.78 Å². The van der Waals surface area contributed by atoms with Gasteiger partial charge in [-0.1, -0.05) is 30.3 Å². The van der Waals surface area contributed by atoms with Crippen molar-refractivity contribution in [3.05, 3.63) is 59.7 Å². The van der Waals surface area contributed by atoms with E-state index >= 15 is 4.39 Å². The van der Waals surface area contributed by atoms with E-state index in [9.17, 15) is 17.6 Å². The molecule has 1 N–H and O–H groups in total. The van der Waals surface area contributed by atoms with Gasteiger partial charge in [-0.2, -0.15) is 0 Å². The number of hydrogen-bond acceptors (Lipinski definition) is 4. The van der Waals surface area contributed by atoms with E-state index < -0.39 is 50.5 Å². The lowest BCUT2D eigenvalue weighted by molar-refractivity contribution is -0.157. The van der Waals surface area contributed by atoms with Crippen molar-refractivity contribution in [2.75, 3.05) is 13.2 Å². The van der Waals surface area contributed by atoms with E-state index in [4.69, 9.17) is 4.74 Å². The minimum atomic E-state index is -3.66. The number of nitrogens with one attached hydrogen (secondary N) is 1. The number of ether oxygens (including phenoxy) is 1. The molecular weight excluding hydrogens is 474 g/mol. The zero-order chi connectivity index (χ0) is 25.0. The second kappa shape index (κ2) is 8.94. The van der Waals surface area contributed by atoms with Crippen molar-refractivity contribution in [1.29, 1.82) is 0 Å². The first-order chi connectivity index (χ1) is 16.6. The number of rotatable bonds is 7. The van der Waals surface area contributed by atoms with Crippen LogP contribution in [0.25, 0.3) is 11.1 Å². The lowest BCUT2D eigenvalue weighted by atomic mass is 9.91. The number of hydrogen-bond donors (Lipinski definition) is 1. The van der Waals surface area contributed by atoms with Crippen LogP contribution in [0.2, 0.25) is 0 Å². The molecule has 2 saturated heterocycles. The average molecular weight is 505 g/mol. The molecule has 2 aromatic rings. The van der Waals surface area contributed by atoms with Crippen LogP contribution in [-0.4, -0.2) is 55.8 Å². The molecule has 35 heavy (non-hydrogen) atoms. The maximum Gasteiger partial charge on any atom is 0.252 e. The van der Waals surface area contributed by atoms with E-state index in [2.05, 4.69) is 4.72 Å². The van der Waals surface area contributed by atoms with Crippen LogP contribution in [0.1, 0.15) is 38.7 Å². The van der Waals surface area contributed by atoms with Crippen molar-refractivity contribution in [2.45, 2.75) is 63.0 Å². The van der Waals surface area contributed by atoms with Gasteiger partial charge in [-0.25, -0.2) is 21.9 Å². The molecule has 1 unspecified atom stereocenters. The lowest BCUT2D eigenvalue weighted by Crippen LogP contribution is -2.53. The molecule has 6 nitrogen and oxygen atoms in total. The van der Waals surface area contributed by atoms with E-state index in [1.807, 2.05) is 0 Å². The van der Waals surface area contributed by atoms with Crippen LogP contribution < -0.4 is 4.72 Å². The first-order valence-electron chi connectivity index (χ1n) is 12.1. The molecule has 0 bridgehead atoms. The van der Waals surface area contributed by atoms with E-state index in [0.717, 1.165) is 25.0 Å². The quantitative estimate of drug-likeness (QED) is 0.625. The van der Waals surface area contributed by atoms with Gasteiger partial charge in [0.2, 0.25) is 10.0 Å². The molecule has 2 aromatic carbocycles. The summed E-state index contributed by atoms with van der Waals surface area (Å²) in [5, 5.41) is -0.658. The molecule has 188 valence electrons. The highest BCUT2D eigenvalue weighted by Crippen LogP contribution is 2.56. The Labute approximate surface area is 204 Å². The smallest absolute Gasteiger partial charge is 0.252 e. The fraction of sp³-hybridized carbons (Fsp3) is 0.500. The molecule has 1 saturated carbocycles.